The van der Waals surface area contributed by atoms with Crippen molar-refractivity contribution in [1.82, 2.24) is 0 Å². The molecule has 0 heterocycles. The zero-order valence-electron chi connectivity index (χ0n) is 21.5. The monoisotopic (exact) mass is 502 g/mol. The maximum absolute atomic E-state index is 14.8. The van der Waals surface area contributed by atoms with Crippen LogP contribution in [0, 0.1) is 24.4 Å². The minimum Gasteiger partial charge on any atom is -0.491 e. The summed E-state index contributed by atoms with van der Waals surface area (Å²) >= 11 is 0. The molecule has 0 amide bonds. The van der Waals surface area contributed by atoms with Crippen LogP contribution in [-0.4, -0.2) is 6.61 Å². The van der Waals surface area contributed by atoms with Crippen molar-refractivity contribution in [3.05, 3.63) is 113 Å². The minimum atomic E-state index is -0.813. The summed E-state index contributed by atoms with van der Waals surface area (Å²) in [6.07, 6.45) is 5.27. The van der Waals surface area contributed by atoms with Gasteiger partial charge in [-0.2, -0.15) is 0 Å². The standard InChI is InChI=1S/C33H33F3O/c1-3-4-5-6-21-37-31-20-18-28(22-30(31)34)25-14-9-24(10-15-25)11-16-27-17-19-29(33(36)32(27)35)26-12-7-23(2)8-13-26/h7-10,12-15,17-20,22H,3-6,11,16,21H2,1-2H3. The maximum Gasteiger partial charge on any atom is 0.166 e. The molecule has 37 heavy (non-hydrogen) atoms. The lowest BCUT2D eigenvalue weighted by molar-refractivity contribution is 0.290. The van der Waals surface area contributed by atoms with Gasteiger partial charge in [-0.3, -0.25) is 0 Å². The zero-order valence-corrected chi connectivity index (χ0v) is 21.5. The van der Waals surface area contributed by atoms with Crippen LogP contribution in [0.5, 0.6) is 5.75 Å². The molecule has 4 aromatic carbocycles. The third-order valence-corrected chi connectivity index (χ3v) is 6.68. The van der Waals surface area contributed by atoms with Crippen molar-refractivity contribution in [2.24, 2.45) is 0 Å². The maximum atomic E-state index is 14.8. The highest BCUT2D eigenvalue weighted by molar-refractivity contribution is 5.66. The van der Waals surface area contributed by atoms with E-state index < -0.39 is 11.6 Å². The normalized spacial score (nSPS) is 11.1. The van der Waals surface area contributed by atoms with E-state index in [-0.39, 0.29) is 17.1 Å². The molecule has 0 aromatic heterocycles. The number of unbranched alkanes of at least 4 members (excludes halogenated alkanes) is 3. The third-order valence-electron chi connectivity index (χ3n) is 6.68. The number of aryl methyl sites for hydroxylation is 3. The SMILES string of the molecule is CCCCCCOc1ccc(-c2ccc(CCc3ccc(-c4ccc(C)cc4)c(F)c3F)cc2)cc1F. The molecule has 0 bridgehead atoms. The van der Waals surface area contributed by atoms with Crippen LogP contribution < -0.4 is 4.74 Å². The van der Waals surface area contributed by atoms with E-state index in [0.29, 0.717) is 30.6 Å². The lowest BCUT2D eigenvalue weighted by Gasteiger charge is -2.11. The molecule has 192 valence electrons. The Balaban J connectivity index is 1.37. The first-order valence-corrected chi connectivity index (χ1v) is 13.0. The lowest BCUT2D eigenvalue weighted by Crippen LogP contribution is -2.00. The summed E-state index contributed by atoms with van der Waals surface area (Å²) in [7, 11) is 0. The molecule has 4 rings (SSSR count). The van der Waals surface area contributed by atoms with Crippen LogP contribution in [0.2, 0.25) is 0 Å². The van der Waals surface area contributed by atoms with Crippen LogP contribution >= 0.6 is 0 Å². The average molecular weight is 503 g/mol. The summed E-state index contributed by atoms with van der Waals surface area (Å²) in [6, 6.07) is 23.4. The number of rotatable bonds is 11. The Morgan fingerprint density at radius 2 is 1.35 bits per heavy atom. The van der Waals surface area contributed by atoms with Gasteiger partial charge in [0.2, 0.25) is 0 Å². The van der Waals surface area contributed by atoms with Crippen molar-refractivity contribution in [3.8, 4) is 28.0 Å². The smallest absolute Gasteiger partial charge is 0.166 e. The molecule has 0 fully saturated rings. The molecule has 4 aromatic rings. The van der Waals surface area contributed by atoms with Crippen molar-refractivity contribution < 1.29 is 17.9 Å². The van der Waals surface area contributed by atoms with Gasteiger partial charge >= 0.3 is 0 Å². The summed E-state index contributed by atoms with van der Waals surface area (Å²) in [5, 5.41) is 0. The molecule has 0 spiro atoms. The average Bonchev–Trinajstić information content (AvgIpc) is 2.91. The van der Waals surface area contributed by atoms with Crippen LogP contribution in [0.25, 0.3) is 22.3 Å². The molecule has 4 heteroatoms. The van der Waals surface area contributed by atoms with Crippen molar-refractivity contribution >= 4 is 0 Å². The highest BCUT2D eigenvalue weighted by Gasteiger charge is 2.15. The molecule has 0 aliphatic carbocycles. The lowest BCUT2D eigenvalue weighted by atomic mass is 9.97. The van der Waals surface area contributed by atoms with Gasteiger partial charge in [0, 0.05) is 5.56 Å². The van der Waals surface area contributed by atoms with E-state index >= 15 is 0 Å². The second kappa shape index (κ2) is 12.6. The highest BCUT2D eigenvalue weighted by Crippen LogP contribution is 2.29. The molecule has 0 aliphatic heterocycles. The fourth-order valence-electron chi connectivity index (χ4n) is 4.39. The number of halogens is 3. The molecule has 0 aliphatic rings. The molecular weight excluding hydrogens is 469 g/mol. The number of hydrogen-bond donors (Lipinski definition) is 0. The second-order valence-corrected chi connectivity index (χ2v) is 9.52. The summed E-state index contributed by atoms with van der Waals surface area (Å²) in [4.78, 5) is 0. The fraction of sp³-hybridized carbons (Fsp3) is 0.273. The fourth-order valence-corrected chi connectivity index (χ4v) is 4.39. The molecule has 0 atom stereocenters. The van der Waals surface area contributed by atoms with Gasteiger partial charge in [0.25, 0.3) is 0 Å². The first-order valence-electron chi connectivity index (χ1n) is 13.0. The van der Waals surface area contributed by atoms with E-state index in [0.717, 1.165) is 47.9 Å². The van der Waals surface area contributed by atoms with Crippen molar-refractivity contribution in [2.75, 3.05) is 6.61 Å². The molecule has 0 N–H and O–H groups in total. The van der Waals surface area contributed by atoms with Crippen LogP contribution in [0.15, 0.2) is 78.9 Å². The van der Waals surface area contributed by atoms with Gasteiger partial charge in [0.15, 0.2) is 23.2 Å². The zero-order chi connectivity index (χ0) is 26.2. The topological polar surface area (TPSA) is 9.23 Å². The first-order chi connectivity index (χ1) is 18.0. The summed E-state index contributed by atoms with van der Waals surface area (Å²) in [5.41, 5.74) is 5.00. The van der Waals surface area contributed by atoms with Crippen molar-refractivity contribution in [2.45, 2.75) is 52.4 Å². The van der Waals surface area contributed by atoms with Crippen molar-refractivity contribution in [3.63, 3.8) is 0 Å². The Morgan fingerprint density at radius 3 is 2.05 bits per heavy atom. The van der Waals surface area contributed by atoms with E-state index in [2.05, 4.69) is 6.92 Å². The Morgan fingerprint density at radius 1 is 0.649 bits per heavy atom. The largest absolute Gasteiger partial charge is 0.491 e. The second-order valence-electron chi connectivity index (χ2n) is 9.52. The van der Waals surface area contributed by atoms with Gasteiger partial charge in [-0.25, -0.2) is 13.2 Å². The van der Waals surface area contributed by atoms with Crippen LogP contribution in [0.3, 0.4) is 0 Å². The Hall–Kier alpha value is -3.53. The number of benzene rings is 4. The quantitative estimate of drug-likeness (QED) is 0.186. The Labute approximate surface area is 217 Å². The van der Waals surface area contributed by atoms with Crippen molar-refractivity contribution in [1.29, 1.82) is 0 Å². The van der Waals surface area contributed by atoms with Gasteiger partial charge in [-0.15, -0.1) is 0 Å². The molecule has 0 radical (unpaired) electrons. The first kappa shape index (κ1) is 26.5. The van der Waals surface area contributed by atoms with Crippen LogP contribution in [0.1, 0.15) is 49.3 Å². The van der Waals surface area contributed by atoms with Crippen LogP contribution in [0.4, 0.5) is 13.2 Å². The molecular formula is C33H33F3O. The molecule has 0 saturated heterocycles. The Kier molecular flexibility index (Phi) is 9.05. The van der Waals surface area contributed by atoms with Gasteiger partial charge in [-0.05, 0) is 66.1 Å². The van der Waals surface area contributed by atoms with Gasteiger partial charge in [0.05, 0.1) is 6.61 Å². The summed E-state index contributed by atoms with van der Waals surface area (Å²) < 4.78 is 49.7. The molecule has 1 nitrogen and oxygen atoms in total. The van der Waals surface area contributed by atoms with E-state index in [9.17, 15) is 13.2 Å². The molecule has 0 unspecified atom stereocenters. The van der Waals surface area contributed by atoms with E-state index in [1.807, 2.05) is 49.4 Å². The van der Waals surface area contributed by atoms with E-state index in [1.54, 1.807) is 30.3 Å². The minimum absolute atomic E-state index is 0.269. The number of hydrogen-bond acceptors (Lipinski definition) is 1. The van der Waals surface area contributed by atoms with E-state index in [4.69, 9.17) is 4.74 Å². The van der Waals surface area contributed by atoms with Crippen LogP contribution in [-0.2, 0) is 12.8 Å². The van der Waals surface area contributed by atoms with Gasteiger partial charge < -0.3 is 4.74 Å². The van der Waals surface area contributed by atoms with Gasteiger partial charge in [-0.1, -0.05) is 98.5 Å². The summed E-state index contributed by atoms with van der Waals surface area (Å²) in [6.45, 7) is 4.62. The third kappa shape index (κ3) is 6.82. The summed E-state index contributed by atoms with van der Waals surface area (Å²) in [5.74, 6) is -1.70. The highest BCUT2D eigenvalue weighted by atomic mass is 19.2. The Bertz CT molecular complexity index is 1310. The van der Waals surface area contributed by atoms with E-state index in [1.165, 1.54) is 6.07 Å². The van der Waals surface area contributed by atoms with Gasteiger partial charge in [0.1, 0.15) is 0 Å². The number of ether oxygens (including phenoxy) is 1. The molecule has 0 saturated carbocycles. The predicted octanol–water partition coefficient (Wildman–Crippen LogP) is 9.49. The predicted molar refractivity (Wildman–Crippen MR) is 145 cm³/mol.